The molecule has 0 aliphatic carbocycles. The Balaban J connectivity index is 1.71. The van der Waals surface area contributed by atoms with Crippen molar-refractivity contribution in [3.8, 4) is 5.75 Å². The molecule has 0 amide bonds. The lowest BCUT2D eigenvalue weighted by Gasteiger charge is -2.31. The van der Waals surface area contributed by atoms with Gasteiger partial charge >= 0.3 is 5.97 Å². The number of aromatic amines is 1. The predicted molar refractivity (Wildman–Crippen MR) is 118 cm³/mol. The van der Waals surface area contributed by atoms with Gasteiger partial charge in [0.2, 0.25) is 0 Å². The molecule has 1 atom stereocenters. The number of carboxylic acids is 1. The molecule has 2 aromatic carbocycles. The van der Waals surface area contributed by atoms with Crippen LogP contribution in [0, 0.1) is 6.92 Å². The summed E-state index contributed by atoms with van der Waals surface area (Å²) in [6, 6.07) is 11.8. The fourth-order valence-electron chi connectivity index (χ4n) is 4.49. The van der Waals surface area contributed by atoms with E-state index < -0.39 is 5.97 Å². The zero-order valence-electron chi connectivity index (χ0n) is 17.8. The number of rotatable bonds is 5. The van der Waals surface area contributed by atoms with Gasteiger partial charge in [-0.1, -0.05) is 12.1 Å². The number of hydrogen-bond acceptors (Lipinski definition) is 4. The molecule has 0 unspecified atom stereocenters. The lowest BCUT2D eigenvalue weighted by molar-refractivity contribution is 0.0697. The Morgan fingerprint density at radius 1 is 1.20 bits per heavy atom. The second-order valence-corrected chi connectivity index (χ2v) is 8.15. The van der Waals surface area contributed by atoms with E-state index in [0.29, 0.717) is 5.56 Å². The molecule has 0 radical (unpaired) electrons. The van der Waals surface area contributed by atoms with E-state index in [-0.39, 0.29) is 6.04 Å². The molecule has 6 heteroatoms. The number of ether oxygens (including phenoxy) is 1. The number of benzene rings is 2. The van der Waals surface area contributed by atoms with Gasteiger partial charge < -0.3 is 19.7 Å². The van der Waals surface area contributed by atoms with Crippen LogP contribution in [0.2, 0.25) is 0 Å². The topological polar surface area (TPSA) is 68.8 Å². The molecule has 1 aromatic heterocycles. The third kappa shape index (κ3) is 3.93. The van der Waals surface area contributed by atoms with Gasteiger partial charge in [-0.3, -0.25) is 4.90 Å². The minimum atomic E-state index is -0.891. The Morgan fingerprint density at radius 2 is 1.97 bits per heavy atom. The lowest BCUT2D eigenvalue weighted by Crippen LogP contribution is -2.31. The Morgan fingerprint density at radius 3 is 2.67 bits per heavy atom. The second-order valence-electron chi connectivity index (χ2n) is 8.15. The van der Waals surface area contributed by atoms with Crippen molar-refractivity contribution in [1.82, 2.24) is 14.8 Å². The standard InChI is InChI=1S/C24H29N3O3/c1-16-14-22(30-3)20(19-8-10-25-23(16)19)15-27-13-12-26(2)11-9-21(27)17-4-6-18(7-5-17)24(28)29/h4-8,10,14,21,25H,9,11-13,15H2,1-3H3,(H,28,29)/t21-/m0/s1. The van der Waals surface area contributed by atoms with Gasteiger partial charge in [0.25, 0.3) is 0 Å². The molecule has 0 bridgehead atoms. The quantitative estimate of drug-likeness (QED) is 0.668. The Bertz CT molecular complexity index is 1040. The Hall–Kier alpha value is -2.83. The van der Waals surface area contributed by atoms with Gasteiger partial charge in [-0.05, 0) is 62.3 Å². The molecule has 0 saturated carbocycles. The summed E-state index contributed by atoms with van der Waals surface area (Å²) in [6.07, 6.45) is 2.98. The van der Waals surface area contributed by atoms with E-state index in [1.807, 2.05) is 18.3 Å². The minimum Gasteiger partial charge on any atom is -0.496 e. The molecule has 1 aliphatic rings. The molecule has 1 saturated heterocycles. The summed E-state index contributed by atoms with van der Waals surface area (Å²) in [6.45, 7) is 5.81. The Labute approximate surface area is 177 Å². The summed E-state index contributed by atoms with van der Waals surface area (Å²) >= 11 is 0. The van der Waals surface area contributed by atoms with E-state index in [0.717, 1.165) is 49.4 Å². The fraction of sp³-hybridized carbons (Fsp3) is 0.375. The summed E-state index contributed by atoms with van der Waals surface area (Å²) in [5, 5.41) is 10.4. The number of aryl methyl sites for hydroxylation is 1. The van der Waals surface area contributed by atoms with Gasteiger partial charge in [-0.15, -0.1) is 0 Å². The van der Waals surface area contributed by atoms with Crippen LogP contribution in [0.15, 0.2) is 42.6 Å². The van der Waals surface area contributed by atoms with Crippen LogP contribution < -0.4 is 4.74 Å². The summed E-state index contributed by atoms with van der Waals surface area (Å²) in [4.78, 5) is 19.5. The number of aromatic carboxylic acids is 1. The van der Waals surface area contributed by atoms with Crippen LogP contribution in [0.4, 0.5) is 0 Å². The van der Waals surface area contributed by atoms with Crippen LogP contribution in [-0.2, 0) is 6.54 Å². The first kappa shape index (κ1) is 20.4. The molecule has 0 spiro atoms. The summed E-state index contributed by atoms with van der Waals surface area (Å²) < 4.78 is 5.76. The van der Waals surface area contributed by atoms with Crippen LogP contribution in [0.1, 0.15) is 39.5 Å². The first-order valence-corrected chi connectivity index (χ1v) is 10.4. The lowest BCUT2D eigenvalue weighted by atomic mass is 9.98. The van der Waals surface area contributed by atoms with Crippen molar-refractivity contribution in [3.05, 3.63) is 64.8 Å². The zero-order chi connectivity index (χ0) is 21.3. The molecular formula is C24H29N3O3. The molecule has 6 nitrogen and oxygen atoms in total. The number of likely N-dealkylation sites (N-methyl/N-ethyl adjacent to an activating group) is 1. The van der Waals surface area contributed by atoms with Gasteiger partial charge in [0, 0.05) is 48.3 Å². The van der Waals surface area contributed by atoms with Crippen LogP contribution in [-0.4, -0.2) is 59.7 Å². The van der Waals surface area contributed by atoms with Crippen molar-refractivity contribution in [1.29, 1.82) is 0 Å². The molecule has 4 rings (SSSR count). The van der Waals surface area contributed by atoms with E-state index >= 15 is 0 Å². The van der Waals surface area contributed by atoms with Gasteiger partial charge in [-0.25, -0.2) is 4.79 Å². The van der Waals surface area contributed by atoms with Crippen molar-refractivity contribution in [2.75, 3.05) is 33.8 Å². The molecule has 2 heterocycles. The zero-order valence-corrected chi connectivity index (χ0v) is 17.8. The SMILES string of the molecule is COc1cc(C)c2[nH]ccc2c1CN1CCN(C)CC[C@H]1c1ccc(C(=O)O)cc1. The number of H-pyrrole nitrogens is 1. The average Bonchev–Trinajstić information content (AvgIpc) is 3.17. The van der Waals surface area contributed by atoms with Gasteiger partial charge in [0.1, 0.15) is 5.75 Å². The number of methoxy groups -OCH3 is 1. The summed E-state index contributed by atoms with van der Waals surface area (Å²) in [5.74, 6) is 0.0235. The highest BCUT2D eigenvalue weighted by molar-refractivity contribution is 5.88. The molecule has 1 fully saturated rings. The van der Waals surface area contributed by atoms with Gasteiger partial charge in [0.15, 0.2) is 0 Å². The van der Waals surface area contributed by atoms with E-state index in [2.05, 4.69) is 40.9 Å². The number of nitrogens with one attached hydrogen (secondary N) is 1. The summed E-state index contributed by atoms with van der Waals surface area (Å²) in [7, 11) is 3.89. The van der Waals surface area contributed by atoms with E-state index in [9.17, 15) is 9.90 Å². The van der Waals surface area contributed by atoms with Crippen molar-refractivity contribution >= 4 is 16.9 Å². The largest absolute Gasteiger partial charge is 0.496 e. The average molecular weight is 408 g/mol. The maximum absolute atomic E-state index is 11.3. The van der Waals surface area contributed by atoms with Crippen LogP contribution in [0.25, 0.3) is 10.9 Å². The smallest absolute Gasteiger partial charge is 0.335 e. The van der Waals surface area contributed by atoms with Crippen molar-refractivity contribution in [3.63, 3.8) is 0 Å². The third-order valence-corrected chi connectivity index (χ3v) is 6.23. The van der Waals surface area contributed by atoms with E-state index in [4.69, 9.17) is 4.74 Å². The third-order valence-electron chi connectivity index (χ3n) is 6.23. The molecular weight excluding hydrogens is 378 g/mol. The molecule has 2 N–H and O–H groups in total. The molecule has 1 aliphatic heterocycles. The van der Waals surface area contributed by atoms with Gasteiger partial charge in [-0.2, -0.15) is 0 Å². The first-order valence-electron chi connectivity index (χ1n) is 10.4. The van der Waals surface area contributed by atoms with Crippen LogP contribution in [0.5, 0.6) is 5.75 Å². The first-order chi connectivity index (χ1) is 14.5. The number of fused-ring (bicyclic) bond motifs is 1. The highest BCUT2D eigenvalue weighted by Crippen LogP contribution is 2.35. The molecule has 30 heavy (non-hydrogen) atoms. The van der Waals surface area contributed by atoms with Crippen LogP contribution in [0.3, 0.4) is 0 Å². The van der Waals surface area contributed by atoms with Gasteiger partial charge in [0.05, 0.1) is 12.7 Å². The number of nitrogens with zero attached hydrogens (tertiary/aromatic N) is 2. The number of aromatic nitrogens is 1. The van der Waals surface area contributed by atoms with Crippen molar-refractivity contribution in [2.24, 2.45) is 0 Å². The highest BCUT2D eigenvalue weighted by atomic mass is 16.5. The number of carboxylic acid groups (broad SMARTS) is 1. The monoisotopic (exact) mass is 407 g/mol. The molecule has 3 aromatic rings. The van der Waals surface area contributed by atoms with Crippen molar-refractivity contribution in [2.45, 2.75) is 25.9 Å². The summed E-state index contributed by atoms with van der Waals surface area (Å²) in [5.41, 5.74) is 5.00. The number of carbonyl (C=O) groups is 1. The minimum absolute atomic E-state index is 0.220. The van der Waals surface area contributed by atoms with Crippen molar-refractivity contribution < 1.29 is 14.6 Å². The second kappa shape index (κ2) is 8.50. The maximum Gasteiger partial charge on any atom is 0.335 e. The normalized spacial score (nSPS) is 18.4. The fourth-order valence-corrected chi connectivity index (χ4v) is 4.49. The van der Waals surface area contributed by atoms with E-state index in [1.165, 1.54) is 16.5 Å². The molecule has 158 valence electrons. The highest BCUT2D eigenvalue weighted by Gasteiger charge is 2.26. The predicted octanol–water partition coefficient (Wildman–Crippen LogP) is 4.06. The van der Waals surface area contributed by atoms with E-state index in [1.54, 1.807) is 19.2 Å². The number of hydrogen-bond donors (Lipinski definition) is 2. The maximum atomic E-state index is 11.3. The van der Waals surface area contributed by atoms with Crippen LogP contribution >= 0.6 is 0 Å². The Kier molecular flexibility index (Phi) is 5.79.